The standard InChI is InChI=1S/C20H21FN4O3S/c1-14(19-22-17-8-4-2-6-15(17)20(26)23-19)24-10-12-25(13-11-24)29(27,28)18-9-5-3-7-16(18)21/h2-9,14H,10-13H2,1H3,(H,22,23,26). The van der Waals surface area contributed by atoms with E-state index in [9.17, 15) is 17.6 Å². The maximum atomic E-state index is 14.0. The molecule has 0 saturated carbocycles. The van der Waals surface area contributed by atoms with Gasteiger partial charge in [0.2, 0.25) is 10.0 Å². The number of hydrogen-bond acceptors (Lipinski definition) is 5. The first-order chi connectivity index (χ1) is 13.9. The Morgan fingerprint density at radius 2 is 1.69 bits per heavy atom. The number of benzene rings is 2. The second kappa shape index (κ2) is 7.66. The van der Waals surface area contributed by atoms with E-state index in [1.807, 2.05) is 13.0 Å². The van der Waals surface area contributed by atoms with Crippen LogP contribution in [0.5, 0.6) is 0 Å². The van der Waals surface area contributed by atoms with Crippen molar-refractivity contribution in [2.24, 2.45) is 0 Å². The van der Waals surface area contributed by atoms with E-state index in [2.05, 4.69) is 14.9 Å². The van der Waals surface area contributed by atoms with Crippen LogP contribution < -0.4 is 5.56 Å². The van der Waals surface area contributed by atoms with Gasteiger partial charge in [-0.05, 0) is 31.2 Å². The third-order valence-corrected chi connectivity index (χ3v) is 7.23. The topological polar surface area (TPSA) is 86.4 Å². The number of hydrogen-bond donors (Lipinski definition) is 1. The van der Waals surface area contributed by atoms with E-state index in [0.717, 1.165) is 6.07 Å². The fourth-order valence-electron chi connectivity index (χ4n) is 3.60. The third kappa shape index (κ3) is 3.68. The highest BCUT2D eigenvalue weighted by Gasteiger charge is 2.32. The number of nitrogens with one attached hydrogen (secondary N) is 1. The number of aromatic nitrogens is 2. The molecule has 0 aliphatic carbocycles. The number of piperazine rings is 1. The normalized spacial score (nSPS) is 17.4. The van der Waals surface area contributed by atoms with Crippen LogP contribution in [0.25, 0.3) is 10.9 Å². The van der Waals surface area contributed by atoms with Gasteiger partial charge in [0, 0.05) is 26.2 Å². The molecule has 0 spiro atoms. The van der Waals surface area contributed by atoms with E-state index in [0.29, 0.717) is 29.8 Å². The smallest absolute Gasteiger partial charge is 0.258 e. The van der Waals surface area contributed by atoms with Crippen molar-refractivity contribution < 1.29 is 12.8 Å². The number of rotatable bonds is 4. The van der Waals surface area contributed by atoms with Crippen LogP contribution in [0.1, 0.15) is 18.8 Å². The third-order valence-electron chi connectivity index (χ3n) is 5.30. The van der Waals surface area contributed by atoms with Gasteiger partial charge in [0.25, 0.3) is 5.56 Å². The van der Waals surface area contributed by atoms with Crippen LogP contribution in [0.2, 0.25) is 0 Å². The molecule has 9 heteroatoms. The van der Waals surface area contributed by atoms with Crippen molar-refractivity contribution >= 4 is 20.9 Å². The van der Waals surface area contributed by atoms with Gasteiger partial charge in [-0.15, -0.1) is 0 Å². The Bertz CT molecular complexity index is 1200. The fourth-order valence-corrected chi connectivity index (χ4v) is 5.09. The summed E-state index contributed by atoms with van der Waals surface area (Å²) in [6, 6.07) is 12.3. The summed E-state index contributed by atoms with van der Waals surface area (Å²) >= 11 is 0. The van der Waals surface area contributed by atoms with Gasteiger partial charge in [0.05, 0.1) is 16.9 Å². The highest BCUT2D eigenvalue weighted by Crippen LogP contribution is 2.24. The first kappa shape index (κ1) is 19.7. The average molecular weight is 416 g/mol. The molecule has 4 rings (SSSR count). The van der Waals surface area contributed by atoms with E-state index in [4.69, 9.17) is 0 Å². The summed E-state index contributed by atoms with van der Waals surface area (Å²) in [7, 11) is -3.88. The lowest BCUT2D eigenvalue weighted by molar-refractivity contribution is 0.141. The number of fused-ring (bicyclic) bond motifs is 1. The largest absolute Gasteiger partial charge is 0.309 e. The Labute approximate surface area is 167 Å². The van der Waals surface area contributed by atoms with Crippen LogP contribution in [0.4, 0.5) is 4.39 Å². The molecule has 2 aromatic carbocycles. The zero-order chi connectivity index (χ0) is 20.6. The summed E-state index contributed by atoms with van der Waals surface area (Å²) in [5, 5.41) is 0.532. The molecule has 29 heavy (non-hydrogen) atoms. The Morgan fingerprint density at radius 3 is 2.41 bits per heavy atom. The SMILES string of the molecule is CC(c1nc2ccccc2c(=O)[nH]1)N1CCN(S(=O)(=O)c2ccccc2F)CC1. The molecule has 2 heterocycles. The molecule has 1 saturated heterocycles. The minimum absolute atomic E-state index is 0.189. The van der Waals surface area contributed by atoms with Crippen LogP contribution in [-0.2, 0) is 10.0 Å². The van der Waals surface area contributed by atoms with Gasteiger partial charge >= 0.3 is 0 Å². The minimum Gasteiger partial charge on any atom is -0.309 e. The van der Waals surface area contributed by atoms with Gasteiger partial charge < -0.3 is 4.98 Å². The van der Waals surface area contributed by atoms with Crippen molar-refractivity contribution in [2.45, 2.75) is 17.9 Å². The first-order valence-corrected chi connectivity index (χ1v) is 10.8. The lowest BCUT2D eigenvalue weighted by Crippen LogP contribution is -2.49. The van der Waals surface area contributed by atoms with Crippen LogP contribution >= 0.6 is 0 Å². The Kier molecular flexibility index (Phi) is 5.20. The lowest BCUT2D eigenvalue weighted by Gasteiger charge is -2.37. The zero-order valence-corrected chi connectivity index (χ0v) is 16.7. The van der Waals surface area contributed by atoms with Crippen LogP contribution in [-0.4, -0.2) is 53.8 Å². The van der Waals surface area contributed by atoms with Crippen LogP contribution in [0, 0.1) is 5.82 Å². The molecule has 3 aromatic rings. The lowest BCUT2D eigenvalue weighted by atomic mass is 10.2. The summed E-state index contributed by atoms with van der Waals surface area (Å²) in [6.07, 6.45) is 0. The van der Waals surface area contributed by atoms with Gasteiger partial charge in [0.15, 0.2) is 0 Å². The Balaban J connectivity index is 1.51. The summed E-state index contributed by atoms with van der Waals surface area (Å²) in [5.41, 5.74) is 0.428. The first-order valence-electron chi connectivity index (χ1n) is 9.35. The second-order valence-corrected chi connectivity index (χ2v) is 8.92. The molecule has 0 radical (unpaired) electrons. The molecule has 1 aliphatic rings. The maximum absolute atomic E-state index is 14.0. The number of aromatic amines is 1. The van der Waals surface area contributed by atoms with Crippen LogP contribution in [0.3, 0.4) is 0 Å². The van der Waals surface area contributed by atoms with Gasteiger partial charge in [-0.1, -0.05) is 24.3 Å². The number of halogens is 1. The number of nitrogens with zero attached hydrogens (tertiary/aromatic N) is 3. The molecule has 1 fully saturated rings. The quantitative estimate of drug-likeness (QED) is 0.704. The summed E-state index contributed by atoms with van der Waals surface area (Å²) in [6.45, 7) is 3.29. The fraction of sp³-hybridized carbons (Fsp3) is 0.300. The molecule has 152 valence electrons. The number of para-hydroxylation sites is 1. The van der Waals surface area contributed by atoms with Crippen molar-refractivity contribution in [1.82, 2.24) is 19.2 Å². The minimum atomic E-state index is -3.88. The molecule has 0 bridgehead atoms. The Morgan fingerprint density at radius 1 is 1.03 bits per heavy atom. The van der Waals surface area contributed by atoms with Crippen molar-refractivity contribution in [3.8, 4) is 0 Å². The molecule has 1 atom stereocenters. The predicted octanol–water partition coefficient (Wildman–Crippen LogP) is 2.13. The van der Waals surface area contributed by atoms with E-state index in [1.54, 1.807) is 18.2 Å². The molecule has 1 aromatic heterocycles. The predicted molar refractivity (Wildman–Crippen MR) is 108 cm³/mol. The summed E-state index contributed by atoms with van der Waals surface area (Å²) < 4.78 is 40.8. The highest BCUT2D eigenvalue weighted by atomic mass is 32.2. The second-order valence-electron chi connectivity index (χ2n) is 7.01. The van der Waals surface area contributed by atoms with Crippen molar-refractivity contribution in [3.63, 3.8) is 0 Å². The number of H-pyrrole nitrogens is 1. The van der Waals surface area contributed by atoms with Gasteiger partial charge in [-0.3, -0.25) is 9.69 Å². The molecule has 1 N–H and O–H groups in total. The van der Waals surface area contributed by atoms with Crippen molar-refractivity contribution in [1.29, 1.82) is 0 Å². The van der Waals surface area contributed by atoms with Crippen LogP contribution in [0.15, 0.2) is 58.2 Å². The molecular formula is C20H21FN4O3S. The van der Waals surface area contributed by atoms with Gasteiger partial charge in [-0.2, -0.15) is 4.31 Å². The van der Waals surface area contributed by atoms with Gasteiger partial charge in [-0.25, -0.2) is 17.8 Å². The van der Waals surface area contributed by atoms with E-state index < -0.39 is 15.8 Å². The maximum Gasteiger partial charge on any atom is 0.258 e. The monoisotopic (exact) mass is 416 g/mol. The Hall–Kier alpha value is -2.62. The van der Waals surface area contributed by atoms with E-state index in [1.165, 1.54) is 22.5 Å². The molecule has 0 amide bonds. The van der Waals surface area contributed by atoms with Crippen molar-refractivity contribution in [3.05, 3.63) is 70.5 Å². The summed E-state index contributed by atoms with van der Waals surface area (Å²) in [5.74, 6) is -0.208. The number of sulfonamides is 1. The van der Waals surface area contributed by atoms with Gasteiger partial charge in [0.1, 0.15) is 16.5 Å². The molecule has 1 unspecified atom stereocenters. The molecular weight excluding hydrogens is 395 g/mol. The average Bonchev–Trinajstić information content (AvgIpc) is 2.73. The summed E-state index contributed by atoms with van der Waals surface area (Å²) in [4.78, 5) is 21.5. The highest BCUT2D eigenvalue weighted by molar-refractivity contribution is 7.89. The van der Waals surface area contributed by atoms with Crippen molar-refractivity contribution in [2.75, 3.05) is 26.2 Å². The van der Waals surface area contributed by atoms with E-state index >= 15 is 0 Å². The molecule has 1 aliphatic heterocycles. The molecule has 7 nitrogen and oxygen atoms in total. The van der Waals surface area contributed by atoms with E-state index in [-0.39, 0.29) is 29.6 Å². The zero-order valence-electron chi connectivity index (χ0n) is 15.9.